The van der Waals surface area contributed by atoms with Gasteiger partial charge < -0.3 is 0 Å². The number of thioether (sulfide) groups is 1. The van der Waals surface area contributed by atoms with E-state index in [1.807, 2.05) is 11.8 Å². The Labute approximate surface area is 80.9 Å². The van der Waals surface area contributed by atoms with E-state index in [1.54, 1.807) is 0 Å². The molecule has 0 N–H and O–H groups in total. The van der Waals surface area contributed by atoms with Gasteiger partial charge in [0.15, 0.2) is 0 Å². The summed E-state index contributed by atoms with van der Waals surface area (Å²) in [6.07, 6.45) is 5.00. The topological polar surface area (TPSA) is 3.24 Å². The molecular weight excluding hydrogens is 166 g/mol. The molecule has 1 nitrogen and oxygen atoms in total. The van der Waals surface area contributed by atoms with E-state index in [4.69, 9.17) is 0 Å². The second-order valence-electron chi connectivity index (χ2n) is 4.86. The number of hydrogen-bond donors (Lipinski definition) is 0. The lowest BCUT2D eigenvalue weighted by Crippen LogP contribution is -2.34. The van der Waals surface area contributed by atoms with Gasteiger partial charge in [0.1, 0.15) is 0 Å². The maximum atomic E-state index is 2.63. The molecule has 0 bridgehead atoms. The van der Waals surface area contributed by atoms with Crippen LogP contribution in [0.1, 0.15) is 33.6 Å². The SMILES string of the molecule is CSC1CCCN1CC(C)(C)C. The highest BCUT2D eigenvalue weighted by Gasteiger charge is 2.26. The van der Waals surface area contributed by atoms with E-state index in [1.165, 1.54) is 25.9 Å². The standard InChI is InChI=1S/C10H21NS/c1-10(2,3)8-11-7-5-6-9(11)12-4/h9H,5-8H2,1-4H3. The minimum atomic E-state index is 0.457. The highest BCUT2D eigenvalue weighted by molar-refractivity contribution is 7.99. The van der Waals surface area contributed by atoms with E-state index >= 15 is 0 Å². The normalized spacial score (nSPS) is 26.5. The Bertz CT molecular complexity index is 139. The number of hydrogen-bond acceptors (Lipinski definition) is 2. The Balaban J connectivity index is 2.41. The van der Waals surface area contributed by atoms with Crippen LogP contribution in [0.2, 0.25) is 0 Å². The molecule has 12 heavy (non-hydrogen) atoms. The van der Waals surface area contributed by atoms with E-state index in [9.17, 15) is 0 Å². The highest BCUT2D eigenvalue weighted by atomic mass is 32.2. The van der Waals surface area contributed by atoms with Crippen LogP contribution in [0.15, 0.2) is 0 Å². The summed E-state index contributed by atoms with van der Waals surface area (Å²) in [6.45, 7) is 9.52. The molecule has 0 aromatic carbocycles. The molecule has 1 heterocycles. The van der Waals surface area contributed by atoms with Gasteiger partial charge in [-0.25, -0.2) is 0 Å². The quantitative estimate of drug-likeness (QED) is 0.654. The molecule has 1 atom stereocenters. The molecule has 1 saturated heterocycles. The minimum absolute atomic E-state index is 0.457. The summed E-state index contributed by atoms with van der Waals surface area (Å²) >= 11 is 2.01. The molecule has 0 spiro atoms. The van der Waals surface area contributed by atoms with E-state index < -0.39 is 0 Å². The number of rotatable bonds is 2. The summed E-state index contributed by atoms with van der Waals surface area (Å²) in [5, 5.41) is 0.796. The molecular formula is C10H21NS. The van der Waals surface area contributed by atoms with Crippen LogP contribution in [0.4, 0.5) is 0 Å². The van der Waals surface area contributed by atoms with E-state index in [-0.39, 0.29) is 0 Å². The first-order valence-electron chi connectivity index (χ1n) is 4.80. The van der Waals surface area contributed by atoms with Crippen LogP contribution in [0.5, 0.6) is 0 Å². The van der Waals surface area contributed by atoms with Crippen molar-refractivity contribution in [3.05, 3.63) is 0 Å². The fourth-order valence-electron chi connectivity index (χ4n) is 1.85. The molecule has 1 aliphatic heterocycles. The van der Waals surface area contributed by atoms with Crippen LogP contribution in [0.25, 0.3) is 0 Å². The Morgan fingerprint density at radius 3 is 2.58 bits per heavy atom. The average Bonchev–Trinajstić information content (AvgIpc) is 2.31. The van der Waals surface area contributed by atoms with Gasteiger partial charge in [-0.1, -0.05) is 20.8 Å². The van der Waals surface area contributed by atoms with Crippen molar-refractivity contribution in [1.82, 2.24) is 4.90 Å². The van der Waals surface area contributed by atoms with Gasteiger partial charge in [-0.3, -0.25) is 4.90 Å². The molecule has 0 amide bonds. The first-order chi connectivity index (χ1) is 5.53. The van der Waals surface area contributed by atoms with Gasteiger partial charge in [0.25, 0.3) is 0 Å². The fraction of sp³-hybridized carbons (Fsp3) is 1.00. The Kier molecular flexibility index (Phi) is 3.47. The van der Waals surface area contributed by atoms with Crippen molar-refractivity contribution in [3.8, 4) is 0 Å². The first kappa shape index (κ1) is 10.4. The van der Waals surface area contributed by atoms with Gasteiger partial charge in [0, 0.05) is 6.54 Å². The van der Waals surface area contributed by atoms with Gasteiger partial charge in [-0.05, 0) is 31.1 Å². The Morgan fingerprint density at radius 1 is 1.42 bits per heavy atom. The molecule has 1 unspecified atom stereocenters. The number of nitrogens with zero attached hydrogens (tertiary/aromatic N) is 1. The van der Waals surface area contributed by atoms with Crippen LogP contribution in [0, 0.1) is 5.41 Å². The summed E-state index contributed by atoms with van der Waals surface area (Å²) in [6, 6.07) is 0. The Morgan fingerprint density at radius 2 is 2.08 bits per heavy atom. The average molecular weight is 187 g/mol. The van der Waals surface area contributed by atoms with Crippen molar-refractivity contribution in [2.45, 2.75) is 39.0 Å². The van der Waals surface area contributed by atoms with Gasteiger partial charge in [-0.15, -0.1) is 11.8 Å². The summed E-state index contributed by atoms with van der Waals surface area (Å²) in [5.41, 5.74) is 0.457. The van der Waals surface area contributed by atoms with Crippen molar-refractivity contribution in [2.24, 2.45) is 5.41 Å². The van der Waals surface area contributed by atoms with Crippen LogP contribution < -0.4 is 0 Å². The van der Waals surface area contributed by atoms with Crippen molar-refractivity contribution in [1.29, 1.82) is 0 Å². The van der Waals surface area contributed by atoms with Crippen molar-refractivity contribution >= 4 is 11.8 Å². The lowest BCUT2D eigenvalue weighted by Gasteiger charge is -2.30. The fourth-order valence-corrected chi connectivity index (χ4v) is 2.73. The molecule has 1 rings (SSSR count). The van der Waals surface area contributed by atoms with Crippen LogP contribution in [0.3, 0.4) is 0 Å². The first-order valence-corrected chi connectivity index (χ1v) is 6.08. The third-order valence-corrected chi connectivity index (χ3v) is 3.33. The lowest BCUT2D eigenvalue weighted by atomic mass is 9.96. The van der Waals surface area contributed by atoms with Crippen LogP contribution in [-0.4, -0.2) is 29.6 Å². The number of likely N-dealkylation sites (tertiary alicyclic amines) is 1. The molecule has 72 valence electrons. The lowest BCUT2D eigenvalue weighted by molar-refractivity contribution is 0.215. The summed E-state index contributed by atoms with van der Waals surface area (Å²) in [5.74, 6) is 0. The van der Waals surface area contributed by atoms with E-state index in [2.05, 4.69) is 31.9 Å². The summed E-state index contributed by atoms with van der Waals surface area (Å²) in [7, 11) is 0. The monoisotopic (exact) mass is 187 g/mol. The second-order valence-corrected chi connectivity index (χ2v) is 5.88. The zero-order valence-electron chi connectivity index (χ0n) is 8.76. The van der Waals surface area contributed by atoms with Gasteiger partial charge >= 0.3 is 0 Å². The predicted octanol–water partition coefficient (Wildman–Crippen LogP) is 2.82. The van der Waals surface area contributed by atoms with E-state index in [0.717, 1.165) is 5.37 Å². The largest absolute Gasteiger partial charge is 0.291 e. The summed E-state index contributed by atoms with van der Waals surface area (Å²) < 4.78 is 0. The van der Waals surface area contributed by atoms with Crippen LogP contribution >= 0.6 is 11.8 Å². The molecule has 0 saturated carbocycles. The summed E-state index contributed by atoms with van der Waals surface area (Å²) in [4.78, 5) is 2.63. The van der Waals surface area contributed by atoms with Crippen LogP contribution in [-0.2, 0) is 0 Å². The molecule has 0 aromatic heterocycles. The zero-order valence-corrected chi connectivity index (χ0v) is 9.58. The van der Waals surface area contributed by atoms with Gasteiger partial charge in [-0.2, -0.15) is 0 Å². The molecule has 1 fully saturated rings. The smallest absolute Gasteiger partial charge is 0.0555 e. The minimum Gasteiger partial charge on any atom is -0.291 e. The molecule has 2 heteroatoms. The zero-order chi connectivity index (χ0) is 9.19. The predicted molar refractivity (Wildman–Crippen MR) is 57.6 cm³/mol. The molecule has 0 aliphatic carbocycles. The maximum absolute atomic E-state index is 2.63. The van der Waals surface area contributed by atoms with Gasteiger partial charge in [0.2, 0.25) is 0 Å². The highest BCUT2D eigenvalue weighted by Crippen LogP contribution is 2.28. The van der Waals surface area contributed by atoms with Gasteiger partial charge in [0.05, 0.1) is 5.37 Å². The Hall–Kier alpha value is 0.310. The van der Waals surface area contributed by atoms with Crippen molar-refractivity contribution < 1.29 is 0 Å². The maximum Gasteiger partial charge on any atom is 0.0555 e. The van der Waals surface area contributed by atoms with E-state index in [0.29, 0.717) is 5.41 Å². The second kappa shape index (κ2) is 4.01. The molecule has 0 radical (unpaired) electrons. The third kappa shape index (κ3) is 2.98. The van der Waals surface area contributed by atoms with Crippen molar-refractivity contribution in [2.75, 3.05) is 19.3 Å². The van der Waals surface area contributed by atoms with Crippen molar-refractivity contribution in [3.63, 3.8) is 0 Å². The molecule has 0 aromatic rings. The third-order valence-electron chi connectivity index (χ3n) is 2.25. The molecule has 1 aliphatic rings.